The van der Waals surface area contributed by atoms with Crippen LogP contribution in [0.3, 0.4) is 0 Å². The first-order chi connectivity index (χ1) is 11.4. The monoisotopic (exact) mass is 341 g/mol. The van der Waals surface area contributed by atoms with E-state index in [9.17, 15) is 20.2 Å². The van der Waals surface area contributed by atoms with Gasteiger partial charge < -0.3 is 5.32 Å². The fraction of sp³-hybridized carbons (Fsp3) is 0.0588. The summed E-state index contributed by atoms with van der Waals surface area (Å²) in [6.07, 6.45) is 1.23. The minimum Gasteiger partial charge on any atom is -0.321 e. The molecule has 0 fully saturated rings. The van der Waals surface area contributed by atoms with Crippen LogP contribution in [0.5, 0.6) is 0 Å². The molecule has 0 aliphatic heterocycles. The number of anilines is 1. The number of nitrogens with zero attached hydrogens (tertiary/aromatic N) is 2. The Labute approximate surface area is 143 Å². The lowest BCUT2D eigenvalue weighted by molar-refractivity contribution is -0.384. The molecule has 24 heavy (non-hydrogen) atoms. The number of non-ortho nitro benzene ring substituents is 1. The van der Waals surface area contributed by atoms with E-state index in [-0.39, 0.29) is 21.8 Å². The Bertz CT molecular complexity index is 885. The summed E-state index contributed by atoms with van der Waals surface area (Å²) in [4.78, 5) is 22.5. The van der Waals surface area contributed by atoms with Crippen LogP contribution in [0.2, 0.25) is 5.02 Å². The number of amides is 1. The lowest BCUT2D eigenvalue weighted by Gasteiger charge is -2.07. The largest absolute Gasteiger partial charge is 0.321 e. The maximum absolute atomic E-state index is 12.3. The molecule has 2 aromatic carbocycles. The number of rotatable bonds is 4. The number of hydrogen-bond acceptors (Lipinski definition) is 4. The van der Waals surface area contributed by atoms with E-state index in [1.807, 2.05) is 19.1 Å². The summed E-state index contributed by atoms with van der Waals surface area (Å²) in [6.45, 7) is 1.82. The first kappa shape index (κ1) is 17.2. The van der Waals surface area contributed by atoms with Gasteiger partial charge in [0.25, 0.3) is 11.6 Å². The quantitative estimate of drug-likeness (QED) is 0.392. The van der Waals surface area contributed by atoms with Crippen LogP contribution >= 0.6 is 11.6 Å². The summed E-state index contributed by atoms with van der Waals surface area (Å²) in [7, 11) is 0. The fourth-order valence-corrected chi connectivity index (χ4v) is 2.13. The average molecular weight is 342 g/mol. The number of nitro benzene ring substituents is 1. The van der Waals surface area contributed by atoms with Crippen LogP contribution < -0.4 is 5.32 Å². The first-order valence-electron chi connectivity index (χ1n) is 6.85. The van der Waals surface area contributed by atoms with Gasteiger partial charge in [0, 0.05) is 28.4 Å². The zero-order chi connectivity index (χ0) is 17.7. The van der Waals surface area contributed by atoms with Crippen molar-refractivity contribution in [2.75, 3.05) is 5.32 Å². The molecule has 0 bridgehead atoms. The molecule has 0 saturated heterocycles. The van der Waals surface area contributed by atoms with E-state index in [1.165, 1.54) is 24.3 Å². The van der Waals surface area contributed by atoms with E-state index in [2.05, 4.69) is 5.32 Å². The van der Waals surface area contributed by atoms with Crippen LogP contribution in [0, 0.1) is 28.4 Å². The van der Waals surface area contributed by atoms with Gasteiger partial charge in [-0.1, -0.05) is 29.8 Å². The molecule has 0 atom stereocenters. The van der Waals surface area contributed by atoms with Gasteiger partial charge in [-0.15, -0.1) is 0 Å². The minimum atomic E-state index is -0.616. The number of hydrogen-bond donors (Lipinski definition) is 1. The van der Waals surface area contributed by atoms with Crippen molar-refractivity contribution in [3.8, 4) is 6.07 Å². The van der Waals surface area contributed by atoms with Crippen molar-refractivity contribution >= 4 is 35.0 Å². The SMILES string of the molecule is Cc1ccccc1NC(=O)/C(C#N)=C/c1cc([N+](=O)[O-])ccc1Cl. The first-order valence-corrected chi connectivity index (χ1v) is 7.23. The highest BCUT2D eigenvalue weighted by Crippen LogP contribution is 2.24. The standard InChI is InChI=1S/C17H12ClN3O3/c1-11-4-2-3-5-16(11)20-17(22)13(10-19)8-12-9-14(21(23)24)6-7-15(12)18/h2-9H,1H3,(H,20,22)/b13-8+. The Morgan fingerprint density at radius 1 is 1.33 bits per heavy atom. The lowest BCUT2D eigenvalue weighted by atomic mass is 10.1. The Hall–Kier alpha value is -3.17. The van der Waals surface area contributed by atoms with Crippen molar-refractivity contribution in [1.82, 2.24) is 0 Å². The number of nitro groups is 1. The second kappa shape index (κ2) is 7.40. The molecule has 7 heteroatoms. The number of carbonyl (C=O) groups excluding carboxylic acids is 1. The molecule has 0 saturated carbocycles. The molecule has 6 nitrogen and oxygen atoms in total. The topological polar surface area (TPSA) is 96.0 Å². The van der Waals surface area contributed by atoms with E-state index in [0.717, 1.165) is 5.56 Å². The minimum absolute atomic E-state index is 0.178. The highest BCUT2D eigenvalue weighted by Gasteiger charge is 2.14. The van der Waals surface area contributed by atoms with Gasteiger partial charge in [0.05, 0.1) is 4.92 Å². The van der Waals surface area contributed by atoms with Crippen molar-refractivity contribution in [3.63, 3.8) is 0 Å². The Morgan fingerprint density at radius 2 is 2.04 bits per heavy atom. The van der Waals surface area contributed by atoms with Gasteiger partial charge in [-0.25, -0.2) is 0 Å². The molecule has 0 aliphatic carbocycles. The van der Waals surface area contributed by atoms with Gasteiger partial charge in [-0.05, 0) is 30.7 Å². The molecule has 0 heterocycles. The van der Waals surface area contributed by atoms with Crippen molar-refractivity contribution in [2.24, 2.45) is 0 Å². The maximum Gasteiger partial charge on any atom is 0.270 e. The van der Waals surface area contributed by atoms with Crippen LogP contribution in [0.15, 0.2) is 48.0 Å². The van der Waals surface area contributed by atoms with Gasteiger partial charge in [-0.2, -0.15) is 5.26 Å². The smallest absolute Gasteiger partial charge is 0.270 e. The van der Waals surface area contributed by atoms with Gasteiger partial charge in [0.2, 0.25) is 0 Å². The van der Waals surface area contributed by atoms with E-state index in [1.54, 1.807) is 18.2 Å². The summed E-state index contributed by atoms with van der Waals surface area (Å²) >= 11 is 5.98. The van der Waals surface area contributed by atoms with Crippen LogP contribution in [-0.2, 0) is 4.79 Å². The summed E-state index contributed by atoms with van der Waals surface area (Å²) in [5.74, 6) is -0.616. The van der Waals surface area contributed by atoms with Crippen molar-refractivity contribution in [1.29, 1.82) is 5.26 Å². The predicted octanol–water partition coefficient (Wildman–Crippen LogP) is 4.10. The van der Waals surface area contributed by atoms with E-state index >= 15 is 0 Å². The Kier molecular flexibility index (Phi) is 5.30. The number of carbonyl (C=O) groups is 1. The van der Waals surface area contributed by atoms with Gasteiger partial charge in [0.1, 0.15) is 11.6 Å². The molecule has 0 unspecified atom stereocenters. The van der Waals surface area contributed by atoms with Crippen molar-refractivity contribution < 1.29 is 9.72 Å². The summed E-state index contributed by atoms with van der Waals surface area (Å²) in [6, 6.07) is 12.7. The highest BCUT2D eigenvalue weighted by atomic mass is 35.5. The second-order valence-corrected chi connectivity index (χ2v) is 5.31. The molecular weight excluding hydrogens is 330 g/mol. The van der Waals surface area contributed by atoms with Crippen LogP contribution in [0.1, 0.15) is 11.1 Å². The van der Waals surface area contributed by atoms with Crippen molar-refractivity contribution in [3.05, 3.63) is 74.3 Å². The molecule has 1 amide bonds. The van der Waals surface area contributed by atoms with Gasteiger partial charge in [-0.3, -0.25) is 14.9 Å². The Morgan fingerprint density at radius 3 is 2.67 bits per heavy atom. The number of nitrogens with one attached hydrogen (secondary N) is 1. The molecular formula is C17H12ClN3O3. The second-order valence-electron chi connectivity index (χ2n) is 4.90. The normalized spacial score (nSPS) is 10.8. The molecule has 2 aromatic rings. The molecule has 0 aromatic heterocycles. The molecule has 120 valence electrons. The summed E-state index contributed by atoms with van der Waals surface area (Å²) in [5.41, 5.74) is 1.26. The number of benzene rings is 2. The number of para-hydroxylation sites is 1. The molecule has 0 aliphatic rings. The van der Waals surface area contributed by atoms with Crippen molar-refractivity contribution in [2.45, 2.75) is 6.92 Å². The van der Waals surface area contributed by atoms with Crippen LogP contribution in [-0.4, -0.2) is 10.8 Å². The third kappa shape index (κ3) is 3.97. The summed E-state index contributed by atoms with van der Waals surface area (Å²) < 4.78 is 0. The predicted molar refractivity (Wildman–Crippen MR) is 91.5 cm³/mol. The number of aryl methyl sites for hydroxylation is 1. The number of halogens is 1. The summed E-state index contributed by atoms with van der Waals surface area (Å²) in [5, 5.41) is 22.9. The average Bonchev–Trinajstić information content (AvgIpc) is 2.55. The Balaban J connectivity index is 2.34. The van der Waals surface area contributed by atoms with Gasteiger partial charge >= 0.3 is 0 Å². The number of nitriles is 1. The van der Waals surface area contributed by atoms with E-state index in [0.29, 0.717) is 5.69 Å². The van der Waals surface area contributed by atoms with Crippen LogP contribution in [0.4, 0.5) is 11.4 Å². The van der Waals surface area contributed by atoms with Crippen LogP contribution in [0.25, 0.3) is 6.08 Å². The maximum atomic E-state index is 12.3. The molecule has 1 N–H and O–H groups in total. The fourth-order valence-electron chi connectivity index (χ4n) is 1.96. The van der Waals surface area contributed by atoms with Gasteiger partial charge in [0.15, 0.2) is 0 Å². The molecule has 0 radical (unpaired) electrons. The van der Waals surface area contributed by atoms with E-state index < -0.39 is 10.8 Å². The zero-order valence-corrected chi connectivity index (χ0v) is 13.4. The zero-order valence-electron chi connectivity index (χ0n) is 12.6. The van der Waals surface area contributed by atoms with E-state index in [4.69, 9.17) is 11.6 Å². The third-order valence-electron chi connectivity index (χ3n) is 3.25. The molecule has 0 spiro atoms. The third-order valence-corrected chi connectivity index (χ3v) is 3.59. The lowest BCUT2D eigenvalue weighted by Crippen LogP contribution is -2.14. The molecule has 2 rings (SSSR count). The highest BCUT2D eigenvalue weighted by molar-refractivity contribution is 6.32.